The summed E-state index contributed by atoms with van der Waals surface area (Å²) >= 11 is 0. The van der Waals surface area contributed by atoms with E-state index in [9.17, 15) is 4.79 Å². The lowest BCUT2D eigenvalue weighted by molar-refractivity contribution is -0.138. The van der Waals surface area contributed by atoms with Gasteiger partial charge in [-0.2, -0.15) is 4.98 Å². The molecular weight excluding hydrogens is 322 g/mol. The molecule has 1 aromatic carbocycles. The number of benzene rings is 1. The van der Waals surface area contributed by atoms with Crippen molar-refractivity contribution in [1.82, 2.24) is 15.0 Å². The first-order chi connectivity index (χ1) is 12.2. The second kappa shape index (κ2) is 6.38. The van der Waals surface area contributed by atoms with Crippen molar-refractivity contribution in [3.8, 4) is 11.5 Å². The van der Waals surface area contributed by atoms with Gasteiger partial charge in [0.2, 0.25) is 11.8 Å². The summed E-state index contributed by atoms with van der Waals surface area (Å²) in [6, 6.07) is 5.65. The number of rotatable bonds is 3. The van der Waals surface area contributed by atoms with Crippen molar-refractivity contribution in [2.24, 2.45) is 5.92 Å². The van der Waals surface area contributed by atoms with Crippen LogP contribution >= 0.6 is 0 Å². The highest BCUT2D eigenvalue weighted by molar-refractivity contribution is 5.80. The van der Waals surface area contributed by atoms with E-state index >= 15 is 0 Å². The lowest BCUT2D eigenvalue weighted by atomic mass is 9.95. The van der Waals surface area contributed by atoms with E-state index in [2.05, 4.69) is 10.1 Å². The molecule has 2 atom stereocenters. The van der Waals surface area contributed by atoms with Crippen LogP contribution in [0.4, 0.5) is 0 Å². The Kier molecular flexibility index (Phi) is 4.07. The predicted molar refractivity (Wildman–Crippen MR) is 88.4 cm³/mol. The molecule has 2 aromatic rings. The SMILES string of the molecule is COc1ccc2c(c1)OC[C@H](C(=O)N1CCC[C@@H]1c1noc(C)n1)C2. The van der Waals surface area contributed by atoms with E-state index in [1.54, 1.807) is 14.0 Å². The molecule has 0 saturated carbocycles. The summed E-state index contributed by atoms with van der Waals surface area (Å²) in [5.41, 5.74) is 1.04. The van der Waals surface area contributed by atoms with Gasteiger partial charge in [0, 0.05) is 19.5 Å². The third-order valence-corrected chi connectivity index (χ3v) is 4.91. The number of aryl methyl sites for hydroxylation is 1. The number of fused-ring (bicyclic) bond motifs is 1. The molecule has 1 fully saturated rings. The summed E-state index contributed by atoms with van der Waals surface area (Å²) in [6.07, 6.45) is 2.49. The maximum Gasteiger partial charge on any atom is 0.230 e. The van der Waals surface area contributed by atoms with Gasteiger partial charge < -0.3 is 18.9 Å². The second-order valence-corrected chi connectivity index (χ2v) is 6.55. The fourth-order valence-corrected chi connectivity index (χ4v) is 3.62. The summed E-state index contributed by atoms with van der Waals surface area (Å²) in [5.74, 6) is 2.61. The molecule has 2 aliphatic heterocycles. The average Bonchev–Trinajstić information content (AvgIpc) is 3.28. The molecule has 0 radical (unpaired) electrons. The van der Waals surface area contributed by atoms with E-state index in [0.717, 1.165) is 36.4 Å². The number of nitrogens with zero attached hydrogens (tertiary/aromatic N) is 3. The Labute approximate surface area is 145 Å². The van der Waals surface area contributed by atoms with Gasteiger partial charge in [-0.1, -0.05) is 11.2 Å². The number of methoxy groups -OCH3 is 1. The fourth-order valence-electron chi connectivity index (χ4n) is 3.62. The first kappa shape index (κ1) is 15.9. The van der Waals surface area contributed by atoms with E-state index in [1.807, 2.05) is 23.1 Å². The Balaban J connectivity index is 1.51. The number of likely N-dealkylation sites (tertiary alicyclic amines) is 1. The summed E-state index contributed by atoms with van der Waals surface area (Å²) < 4.78 is 16.1. The lowest BCUT2D eigenvalue weighted by Crippen LogP contribution is -2.40. The quantitative estimate of drug-likeness (QED) is 0.851. The predicted octanol–water partition coefficient (Wildman–Crippen LogP) is 2.30. The van der Waals surface area contributed by atoms with Gasteiger partial charge in [-0.05, 0) is 30.9 Å². The third-order valence-electron chi connectivity index (χ3n) is 4.91. The maximum atomic E-state index is 13.1. The van der Waals surface area contributed by atoms with Gasteiger partial charge in [0.1, 0.15) is 18.1 Å². The molecule has 7 nitrogen and oxygen atoms in total. The van der Waals surface area contributed by atoms with Crippen LogP contribution in [0, 0.1) is 12.8 Å². The van der Waals surface area contributed by atoms with Gasteiger partial charge in [0.25, 0.3) is 0 Å². The van der Waals surface area contributed by atoms with Crippen molar-refractivity contribution >= 4 is 5.91 Å². The van der Waals surface area contributed by atoms with Crippen LogP contribution in [-0.2, 0) is 11.2 Å². The van der Waals surface area contributed by atoms with Crippen molar-refractivity contribution < 1.29 is 18.8 Å². The van der Waals surface area contributed by atoms with E-state index in [-0.39, 0.29) is 17.9 Å². The van der Waals surface area contributed by atoms with Crippen molar-refractivity contribution in [1.29, 1.82) is 0 Å². The molecule has 3 heterocycles. The number of hydrogen-bond donors (Lipinski definition) is 0. The number of carbonyl (C=O) groups is 1. The van der Waals surface area contributed by atoms with E-state index < -0.39 is 0 Å². The van der Waals surface area contributed by atoms with Crippen molar-refractivity contribution in [2.75, 3.05) is 20.3 Å². The Hall–Kier alpha value is -2.57. The maximum absolute atomic E-state index is 13.1. The van der Waals surface area contributed by atoms with Gasteiger partial charge in [0.15, 0.2) is 5.82 Å². The van der Waals surface area contributed by atoms with E-state index in [0.29, 0.717) is 24.7 Å². The molecule has 0 unspecified atom stereocenters. The molecule has 7 heteroatoms. The smallest absolute Gasteiger partial charge is 0.230 e. The van der Waals surface area contributed by atoms with E-state index in [4.69, 9.17) is 14.0 Å². The molecule has 132 valence electrons. The van der Waals surface area contributed by atoms with E-state index in [1.165, 1.54) is 0 Å². The fraction of sp³-hybridized carbons (Fsp3) is 0.500. The van der Waals surface area contributed by atoms with Gasteiger partial charge in [-0.15, -0.1) is 0 Å². The highest BCUT2D eigenvalue weighted by Gasteiger charge is 2.38. The normalized spacial score (nSPS) is 22.4. The van der Waals surface area contributed by atoms with Gasteiger partial charge in [-0.3, -0.25) is 4.79 Å². The monoisotopic (exact) mass is 343 g/mol. The highest BCUT2D eigenvalue weighted by atomic mass is 16.5. The molecule has 4 rings (SSSR count). The number of ether oxygens (including phenoxy) is 2. The standard InChI is InChI=1S/C18H21N3O4/c1-11-19-17(20-25-11)15-4-3-7-21(15)18(22)13-8-12-5-6-14(23-2)9-16(12)24-10-13/h5-6,9,13,15H,3-4,7-8,10H2,1-2H3/t13-,15-/m1/s1. The molecule has 1 saturated heterocycles. The molecule has 0 aliphatic carbocycles. The largest absolute Gasteiger partial charge is 0.497 e. The topological polar surface area (TPSA) is 77.7 Å². The van der Waals surface area contributed by atoms with Crippen molar-refractivity contribution in [2.45, 2.75) is 32.2 Å². The molecule has 1 aromatic heterocycles. The summed E-state index contributed by atoms with van der Waals surface area (Å²) in [5, 5.41) is 4.01. The summed E-state index contributed by atoms with van der Waals surface area (Å²) in [4.78, 5) is 19.2. The molecule has 2 aliphatic rings. The number of amides is 1. The van der Waals surface area contributed by atoms with Gasteiger partial charge in [-0.25, -0.2) is 0 Å². The first-order valence-electron chi connectivity index (χ1n) is 8.56. The molecule has 0 spiro atoms. The first-order valence-corrected chi connectivity index (χ1v) is 8.56. The zero-order chi connectivity index (χ0) is 17.4. The molecule has 1 amide bonds. The Morgan fingerprint density at radius 2 is 2.28 bits per heavy atom. The molecule has 0 N–H and O–H groups in total. The third kappa shape index (κ3) is 2.94. The summed E-state index contributed by atoms with van der Waals surface area (Å²) in [7, 11) is 1.63. The molecular formula is C18H21N3O4. The second-order valence-electron chi connectivity index (χ2n) is 6.55. The van der Waals surface area contributed by atoms with Crippen LogP contribution in [0.1, 0.15) is 36.2 Å². The van der Waals surface area contributed by atoms with Crippen LogP contribution in [0.5, 0.6) is 11.5 Å². The van der Waals surface area contributed by atoms with Crippen LogP contribution in [-0.4, -0.2) is 41.2 Å². The molecule has 0 bridgehead atoms. The zero-order valence-corrected chi connectivity index (χ0v) is 14.4. The van der Waals surface area contributed by atoms with Crippen molar-refractivity contribution in [3.63, 3.8) is 0 Å². The minimum absolute atomic E-state index is 0.0952. The van der Waals surface area contributed by atoms with Crippen LogP contribution in [0.25, 0.3) is 0 Å². The van der Waals surface area contributed by atoms with Crippen LogP contribution in [0.2, 0.25) is 0 Å². The van der Waals surface area contributed by atoms with Gasteiger partial charge >= 0.3 is 0 Å². The Morgan fingerprint density at radius 3 is 3.04 bits per heavy atom. The van der Waals surface area contributed by atoms with Gasteiger partial charge in [0.05, 0.1) is 19.1 Å². The number of hydrogen-bond acceptors (Lipinski definition) is 6. The molecule has 25 heavy (non-hydrogen) atoms. The number of carbonyl (C=O) groups excluding carboxylic acids is 1. The highest BCUT2D eigenvalue weighted by Crippen LogP contribution is 2.35. The van der Waals surface area contributed by atoms with Crippen LogP contribution in [0.15, 0.2) is 22.7 Å². The average molecular weight is 343 g/mol. The Bertz CT molecular complexity index is 788. The van der Waals surface area contributed by atoms with Crippen molar-refractivity contribution in [3.05, 3.63) is 35.5 Å². The minimum Gasteiger partial charge on any atom is -0.497 e. The zero-order valence-electron chi connectivity index (χ0n) is 14.4. The summed E-state index contributed by atoms with van der Waals surface area (Å²) in [6.45, 7) is 2.87. The Morgan fingerprint density at radius 1 is 1.40 bits per heavy atom. The van der Waals surface area contributed by atoms with Crippen LogP contribution < -0.4 is 9.47 Å². The minimum atomic E-state index is -0.186. The van der Waals surface area contributed by atoms with Crippen LogP contribution in [0.3, 0.4) is 0 Å². The lowest BCUT2D eigenvalue weighted by Gasteiger charge is -2.30. The number of aromatic nitrogens is 2.